The molecule has 0 aliphatic heterocycles. The molecule has 0 saturated carbocycles. The second kappa shape index (κ2) is 7.81. The molecule has 0 heterocycles. The maximum atomic E-state index is 12.1. The Hall–Kier alpha value is -1.56. The molecule has 0 bridgehead atoms. The third-order valence-corrected chi connectivity index (χ3v) is 5.06. The quantitative estimate of drug-likeness (QED) is 0.830. The van der Waals surface area contributed by atoms with Gasteiger partial charge in [0.15, 0.2) is 0 Å². The van der Waals surface area contributed by atoms with Crippen LogP contribution in [0.3, 0.4) is 0 Å². The number of carbonyl (C=O) groups is 1. The fourth-order valence-electron chi connectivity index (χ4n) is 2.02. The van der Waals surface area contributed by atoms with E-state index in [2.05, 4.69) is 19.2 Å². The fourth-order valence-corrected chi connectivity index (χ4v) is 2.88. The molecule has 5 nitrogen and oxygen atoms in total. The van der Waals surface area contributed by atoms with Crippen molar-refractivity contribution >= 4 is 21.6 Å². The molecular formula is C17H28N2O3S. The number of amides is 1. The number of nitrogens with zero attached hydrogens (tertiary/aromatic N) is 1. The minimum Gasteiger partial charge on any atom is -0.352 e. The molecule has 23 heavy (non-hydrogen) atoms. The van der Waals surface area contributed by atoms with Crippen LogP contribution in [0, 0.1) is 5.92 Å². The number of nitrogens with one attached hydrogen (secondary N) is 1. The van der Waals surface area contributed by atoms with Crippen molar-refractivity contribution < 1.29 is 13.2 Å². The second-order valence-corrected chi connectivity index (χ2v) is 8.52. The van der Waals surface area contributed by atoms with Gasteiger partial charge in [0, 0.05) is 6.04 Å². The van der Waals surface area contributed by atoms with Crippen LogP contribution in [0.1, 0.15) is 46.1 Å². The van der Waals surface area contributed by atoms with Crippen molar-refractivity contribution in [1.29, 1.82) is 0 Å². The molecule has 1 amide bonds. The SMILES string of the molecule is CC(C)c1ccc(N(CC(=O)N[C@H](C)C(C)C)S(C)(=O)=O)cc1. The third-order valence-electron chi connectivity index (χ3n) is 3.92. The predicted octanol–water partition coefficient (Wildman–Crippen LogP) is 2.74. The van der Waals surface area contributed by atoms with Gasteiger partial charge in [0.25, 0.3) is 0 Å². The maximum Gasteiger partial charge on any atom is 0.240 e. The van der Waals surface area contributed by atoms with Gasteiger partial charge in [-0.3, -0.25) is 9.10 Å². The minimum atomic E-state index is -3.53. The summed E-state index contributed by atoms with van der Waals surface area (Å²) in [5.41, 5.74) is 1.63. The van der Waals surface area contributed by atoms with Crippen LogP contribution in [0.5, 0.6) is 0 Å². The van der Waals surface area contributed by atoms with E-state index in [9.17, 15) is 13.2 Å². The summed E-state index contributed by atoms with van der Waals surface area (Å²) in [5.74, 6) is 0.353. The predicted molar refractivity (Wildman–Crippen MR) is 95.2 cm³/mol. The van der Waals surface area contributed by atoms with Gasteiger partial charge in [-0.1, -0.05) is 39.8 Å². The monoisotopic (exact) mass is 340 g/mol. The molecule has 0 fully saturated rings. The first-order valence-electron chi connectivity index (χ1n) is 7.89. The summed E-state index contributed by atoms with van der Waals surface area (Å²) in [6.07, 6.45) is 1.11. The van der Waals surface area contributed by atoms with E-state index in [1.54, 1.807) is 12.1 Å². The Balaban J connectivity index is 2.96. The standard InChI is InChI=1S/C17H28N2O3S/c1-12(2)14(5)18-17(20)11-19(23(6,21)22)16-9-7-15(8-10-16)13(3)4/h7-10,12-14H,11H2,1-6H3,(H,18,20)/t14-/m1/s1. The number of rotatable bonds is 7. The van der Waals surface area contributed by atoms with Gasteiger partial charge in [-0.2, -0.15) is 0 Å². The van der Waals surface area contributed by atoms with Gasteiger partial charge in [-0.15, -0.1) is 0 Å². The van der Waals surface area contributed by atoms with Crippen LogP contribution in [-0.4, -0.2) is 33.2 Å². The van der Waals surface area contributed by atoms with Crippen LogP contribution in [0.4, 0.5) is 5.69 Å². The molecular weight excluding hydrogens is 312 g/mol. The number of carbonyl (C=O) groups excluding carboxylic acids is 1. The minimum absolute atomic E-state index is 0.00720. The number of sulfonamides is 1. The zero-order chi connectivity index (χ0) is 17.8. The second-order valence-electron chi connectivity index (χ2n) is 6.62. The summed E-state index contributed by atoms with van der Waals surface area (Å²) in [7, 11) is -3.53. The summed E-state index contributed by atoms with van der Waals surface area (Å²) in [6.45, 7) is 9.85. The van der Waals surface area contributed by atoms with Gasteiger partial charge < -0.3 is 5.32 Å². The molecule has 0 aliphatic rings. The summed E-state index contributed by atoms with van der Waals surface area (Å²) in [4.78, 5) is 12.1. The molecule has 0 unspecified atom stereocenters. The zero-order valence-corrected chi connectivity index (χ0v) is 15.6. The average molecular weight is 340 g/mol. The highest BCUT2D eigenvalue weighted by atomic mass is 32.2. The molecule has 1 rings (SSSR count). The number of benzene rings is 1. The summed E-state index contributed by atoms with van der Waals surface area (Å²) >= 11 is 0. The first-order chi connectivity index (χ1) is 10.5. The van der Waals surface area contributed by atoms with Crippen LogP contribution >= 0.6 is 0 Å². The Morgan fingerprint density at radius 2 is 1.61 bits per heavy atom. The van der Waals surface area contributed by atoms with E-state index in [0.29, 0.717) is 11.6 Å². The van der Waals surface area contributed by atoms with Crippen LogP contribution in [0.15, 0.2) is 24.3 Å². The van der Waals surface area contributed by atoms with E-state index in [-0.39, 0.29) is 24.4 Å². The first-order valence-corrected chi connectivity index (χ1v) is 9.74. The van der Waals surface area contributed by atoms with Gasteiger partial charge >= 0.3 is 0 Å². The molecule has 6 heteroatoms. The molecule has 0 aromatic heterocycles. The average Bonchev–Trinajstić information content (AvgIpc) is 2.43. The number of hydrogen-bond acceptors (Lipinski definition) is 3. The number of anilines is 1. The van der Waals surface area contributed by atoms with E-state index >= 15 is 0 Å². The molecule has 130 valence electrons. The molecule has 0 radical (unpaired) electrons. The lowest BCUT2D eigenvalue weighted by molar-refractivity contribution is -0.120. The van der Waals surface area contributed by atoms with E-state index in [1.165, 1.54) is 0 Å². The maximum absolute atomic E-state index is 12.1. The van der Waals surface area contributed by atoms with Gasteiger partial charge in [-0.05, 0) is 36.5 Å². The largest absolute Gasteiger partial charge is 0.352 e. The zero-order valence-electron chi connectivity index (χ0n) is 14.8. The van der Waals surface area contributed by atoms with Gasteiger partial charge in [0.1, 0.15) is 6.54 Å². The smallest absolute Gasteiger partial charge is 0.240 e. The Morgan fingerprint density at radius 3 is 2.00 bits per heavy atom. The topological polar surface area (TPSA) is 66.5 Å². The van der Waals surface area contributed by atoms with Crippen molar-refractivity contribution in [2.24, 2.45) is 5.92 Å². The summed E-state index contributed by atoms with van der Waals surface area (Å²) in [5, 5.41) is 2.84. The molecule has 1 aromatic carbocycles. The molecule has 1 atom stereocenters. The lowest BCUT2D eigenvalue weighted by Crippen LogP contribution is -2.44. The molecule has 0 aliphatic carbocycles. The summed E-state index contributed by atoms with van der Waals surface area (Å²) < 4.78 is 25.2. The van der Waals surface area contributed by atoms with Crippen LogP contribution in [-0.2, 0) is 14.8 Å². The Morgan fingerprint density at radius 1 is 1.09 bits per heavy atom. The van der Waals surface area contributed by atoms with Crippen molar-refractivity contribution in [3.63, 3.8) is 0 Å². The van der Waals surface area contributed by atoms with Crippen LogP contribution in [0.2, 0.25) is 0 Å². The molecule has 1 aromatic rings. The highest BCUT2D eigenvalue weighted by Crippen LogP contribution is 2.21. The molecule has 1 N–H and O–H groups in total. The van der Waals surface area contributed by atoms with E-state index in [0.717, 1.165) is 16.1 Å². The van der Waals surface area contributed by atoms with E-state index in [4.69, 9.17) is 0 Å². The normalized spacial score (nSPS) is 13.2. The third kappa shape index (κ3) is 5.86. The molecule has 0 saturated heterocycles. The van der Waals surface area contributed by atoms with Crippen molar-refractivity contribution in [3.05, 3.63) is 29.8 Å². The Bertz CT molecular complexity index is 622. The van der Waals surface area contributed by atoms with E-state index in [1.807, 2.05) is 32.9 Å². The highest BCUT2D eigenvalue weighted by Gasteiger charge is 2.22. The molecule has 0 spiro atoms. The van der Waals surface area contributed by atoms with Crippen molar-refractivity contribution in [2.45, 2.75) is 46.6 Å². The van der Waals surface area contributed by atoms with Crippen molar-refractivity contribution in [2.75, 3.05) is 17.1 Å². The van der Waals surface area contributed by atoms with Gasteiger partial charge in [-0.25, -0.2) is 8.42 Å². The van der Waals surface area contributed by atoms with Crippen molar-refractivity contribution in [1.82, 2.24) is 5.32 Å². The summed E-state index contributed by atoms with van der Waals surface area (Å²) in [6, 6.07) is 7.28. The highest BCUT2D eigenvalue weighted by molar-refractivity contribution is 7.92. The van der Waals surface area contributed by atoms with Gasteiger partial charge in [0.05, 0.1) is 11.9 Å². The van der Waals surface area contributed by atoms with Crippen LogP contribution < -0.4 is 9.62 Å². The van der Waals surface area contributed by atoms with Crippen molar-refractivity contribution in [3.8, 4) is 0 Å². The lowest BCUT2D eigenvalue weighted by Gasteiger charge is -2.24. The Kier molecular flexibility index (Phi) is 6.62. The van der Waals surface area contributed by atoms with Crippen LogP contribution in [0.25, 0.3) is 0 Å². The first kappa shape index (κ1) is 19.5. The number of hydrogen-bond donors (Lipinski definition) is 1. The fraction of sp³-hybridized carbons (Fsp3) is 0.588. The lowest BCUT2D eigenvalue weighted by atomic mass is 10.0. The Labute approximate surface area is 140 Å². The van der Waals surface area contributed by atoms with E-state index < -0.39 is 10.0 Å². The van der Waals surface area contributed by atoms with Gasteiger partial charge in [0.2, 0.25) is 15.9 Å².